The van der Waals surface area contributed by atoms with Crippen molar-refractivity contribution in [1.82, 2.24) is 9.78 Å². The molecule has 2 heteroatoms. The molecule has 0 aliphatic heterocycles. The number of rotatable bonds is 2. The smallest absolute Gasteiger partial charge is 0.0543 e. The van der Waals surface area contributed by atoms with Crippen LogP contribution in [0, 0.1) is 12.3 Å². The van der Waals surface area contributed by atoms with Crippen molar-refractivity contribution in [2.24, 2.45) is 0 Å². The number of hydrogen-bond donors (Lipinski definition) is 0. The highest BCUT2D eigenvalue weighted by Crippen LogP contribution is 2.13. The zero-order valence-corrected chi connectivity index (χ0v) is 8.54. The molecule has 13 heavy (non-hydrogen) atoms. The molecule has 0 saturated carbocycles. The number of aryl methyl sites for hydroxylation is 1. The Labute approximate surface area is 80.0 Å². The molecule has 0 amide bonds. The van der Waals surface area contributed by atoms with Gasteiger partial charge in [0.25, 0.3) is 0 Å². The van der Waals surface area contributed by atoms with Crippen LogP contribution in [0.3, 0.4) is 0 Å². The quantitative estimate of drug-likeness (QED) is 0.632. The van der Waals surface area contributed by atoms with E-state index in [1.807, 2.05) is 10.9 Å². The second-order valence-electron chi connectivity index (χ2n) is 4.17. The lowest BCUT2D eigenvalue weighted by molar-refractivity contribution is 0.355. The van der Waals surface area contributed by atoms with Crippen LogP contribution in [-0.2, 0) is 12.0 Å². The standard InChI is InChI=1S/C11H16N2/c1-5-6-7-10-8-12-13(9-10)11(2,3)4/h1,8-9H,6-7H2,2-4H3. The highest BCUT2D eigenvalue weighted by Gasteiger charge is 2.13. The first kappa shape index (κ1) is 9.85. The largest absolute Gasteiger partial charge is 0.267 e. The topological polar surface area (TPSA) is 17.8 Å². The Balaban J connectivity index is 2.71. The minimum absolute atomic E-state index is 0.0639. The Kier molecular flexibility index (Phi) is 2.77. The van der Waals surface area contributed by atoms with Crippen LogP contribution in [-0.4, -0.2) is 9.78 Å². The van der Waals surface area contributed by atoms with Crippen LogP contribution in [0.5, 0.6) is 0 Å². The van der Waals surface area contributed by atoms with Crippen molar-refractivity contribution in [2.45, 2.75) is 39.2 Å². The molecule has 0 saturated heterocycles. The van der Waals surface area contributed by atoms with Gasteiger partial charge >= 0.3 is 0 Å². The molecule has 0 bridgehead atoms. The summed E-state index contributed by atoms with van der Waals surface area (Å²) in [6.45, 7) is 6.39. The molecular formula is C11H16N2. The van der Waals surface area contributed by atoms with Crippen LogP contribution in [0.4, 0.5) is 0 Å². The van der Waals surface area contributed by atoms with Gasteiger partial charge in [-0.3, -0.25) is 4.68 Å². The average Bonchev–Trinajstić information content (AvgIpc) is 2.47. The zero-order valence-electron chi connectivity index (χ0n) is 8.54. The van der Waals surface area contributed by atoms with Gasteiger partial charge < -0.3 is 0 Å². The third kappa shape index (κ3) is 2.62. The molecule has 0 N–H and O–H groups in total. The van der Waals surface area contributed by atoms with Crippen molar-refractivity contribution in [3.63, 3.8) is 0 Å². The predicted molar refractivity (Wildman–Crippen MR) is 54.4 cm³/mol. The minimum Gasteiger partial charge on any atom is -0.267 e. The molecule has 70 valence electrons. The fourth-order valence-corrected chi connectivity index (χ4v) is 1.07. The monoisotopic (exact) mass is 176 g/mol. The molecule has 0 aliphatic rings. The summed E-state index contributed by atoms with van der Waals surface area (Å²) in [6, 6.07) is 0. The van der Waals surface area contributed by atoms with E-state index in [-0.39, 0.29) is 5.54 Å². The van der Waals surface area contributed by atoms with Gasteiger partial charge in [-0.05, 0) is 32.8 Å². The Bertz CT molecular complexity index is 310. The number of aromatic nitrogens is 2. The molecule has 1 rings (SSSR count). The van der Waals surface area contributed by atoms with Gasteiger partial charge in [0.05, 0.1) is 11.7 Å². The normalized spacial score (nSPS) is 11.2. The maximum atomic E-state index is 5.19. The third-order valence-electron chi connectivity index (χ3n) is 1.88. The van der Waals surface area contributed by atoms with Gasteiger partial charge in [0.2, 0.25) is 0 Å². The lowest BCUT2D eigenvalue weighted by atomic mass is 10.1. The van der Waals surface area contributed by atoms with Crippen LogP contribution in [0.2, 0.25) is 0 Å². The molecule has 0 radical (unpaired) electrons. The summed E-state index contributed by atoms with van der Waals surface area (Å²) >= 11 is 0. The van der Waals surface area contributed by atoms with Crippen molar-refractivity contribution in [3.8, 4) is 12.3 Å². The summed E-state index contributed by atoms with van der Waals surface area (Å²) in [4.78, 5) is 0. The molecule has 0 fully saturated rings. The maximum absolute atomic E-state index is 5.19. The highest BCUT2D eigenvalue weighted by molar-refractivity contribution is 5.07. The van der Waals surface area contributed by atoms with Crippen molar-refractivity contribution >= 4 is 0 Å². The van der Waals surface area contributed by atoms with Crippen molar-refractivity contribution < 1.29 is 0 Å². The van der Waals surface area contributed by atoms with E-state index in [4.69, 9.17) is 6.42 Å². The Hall–Kier alpha value is -1.23. The fraction of sp³-hybridized carbons (Fsp3) is 0.545. The molecule has 2 nitrogen and oxygen atoms in total. The molecule has 0 unspecified atom stereocenters. The van der Waals surface area contributed by atoms with E-state index in [1.165, 1.54) is 5.56 Å². The lowest BCUT2D eigenvalue weighted by Crippen LogP contribution is -2.21. The van der Waals surface area contributed by atoms with Crippen LogP contribution in [0.15, 0.2) is 12.4 Å². The summed E-state index contributed by atoms with van der Waals surface area (Å²) in [5.41, 5.74) is 1.28. The van der Waals surface area contributed by atoms with Gasteiger partial charge in [-0.2, -0.15) is 5.10 Å². The molecule has 0 aromatic carbocycles. The molecule has 0 spiro atoms. The maximum Gasteiger partial charge on any atom is 0.0543 e. The van der Waals surface area contributed by atoms with E-state index in [9.17, 15) is 0 Å². The summed E-state index contributed by atoms with van der Waals surface area (Å²) in [5, 5.41) is 4.29. The van der Waals surface area contributed by atoms with Crippen LogP contribution in [0.1, 0.15) is 32.8 Å². The second kappa shape index (κ2) is 3.66. The predicted octanol–water partition coefficient (Wildman–Crippen LogP) is 2.20. The second-order valence-corrected chi connectivity index (χ2v) is 4.17. The van der Waals surface area contributed by atoms with Crippen LogP contribution < -0.4 is 0 Å². The highest BCUT2D eigenvalue weighted by atomic mass is 15.3. The van der Waals surface area contributed by atoms with Gasteiger partial charge in [0, 0.05) is 12.6 Å². The minimum atomic E-state index is 0.0639. The van der Waals surface area contributed by atoms with Gasteiger partial charge in [-0.1, -0.05) is 0 Å². The van der Waals surface area contributed by atoms with E-state index in [0.717, 1.165) is 12.8 Å². The van der Waals surface area contributed by atoms with Crippen LogP contribution in [0.25, 0.3) is 0 Å². The van der Waals surface area contributed by atoms with Gasteiger partial charge in [0.1, 0.15) is 0 Å². The average molecular weight is 176 g/mol. The van der Waals surface area contributed by atoms with Crippen molar-refractivity contribution in [1.29, 1.82) is 0 Å². The van der Waals surface area contributed by atoms with Gasteiger partial charge in [-0.25, -0.2) is 0 Å². The summed E-state index contributed by atoms with van der Waals surface area (Å²) in [7, 11) is 0. The van der Waals surface area contributed by atoms with E-state index >= 15 is 0 Å². The van der Waals surface area contributed by atoms with E-state index in [2.05, 4.69) is 38.0 Å². The number of terminal acetylenes is 1. The molecule has 1 heterocycles. The Morgan fingerprint density at radius 2 is 2.23 bits per heavy atom. The molecular weight excluding hydrogens is 160 g/mol. The number of hydrogen-bond acceptors (Lipinski definition) is 1. The molecule has 1 aromatic rings. The van der Waals surface area contributed by atoms with E-state index in [0.29, 0.717) is 0 Å². The SMILES string of the molecule is C#CCCc1cnn(C(C)(C)C)c1. The first-order valence-electron chi connectivity index (χ1n) is 4.51. The zero-order chi connectivity index (χ0) is 9.90. The Morgan fingerprint density at radius 1 is 1.54 bits per heavy atom. The van der Waals surface area contributed by atoms with E-state index < -0.39 is 0 Å². The summed E-state index contributed by atoms with van der Waals surface area (Å²) < 4.78 is 1.97. The van der Waals surface area contributed by atoms with E-state index in [1.54, 1.807) is 0 Å². The first-order valence-corrected chi connectivity index (χ1v) is 4.51. The number of nitrogens with zero attached hydrogens (tertiary/aromatic N) is 2. The summed E-state index contributed by atoms with van der Waals surface area (Å²) in [5.74, 6) is 2.63. The van der Waals surface area contributed by atoms with Gasteiger partial charge in [0.15, 0.2) is 0 Å². The van der Waals surface area contributed by atoms with Crippen molar-refractivity contribution in [3.05, 3.63) is 18.0 Å². The van der Waals surface area contributed by atoms with Crippen LogP contribution >= 0.6 is 0 Å². The fourth-order valence-electron chi connectivity index (χ4n) is 1.07. The first-order chi connectivity index (χ1) is 6.04. The molecule has 1 aromatic heterocycles. The molecule has 0 atom stereocenters. The third-order valence-corrected chi connectivity index (χ3v) is 1.88. The lowest BCUT2D eigenvalue weighted by Gasteiger charge is -2.18. The Morgan fingerprint density at radius 3 is 2.69 bits per heavy atom. The summed E-state index contributed by atoms with van der Waals surface area (Å²) in [6.07, 6.45) is 10.9. The molecule has 0 aliphatic carbocycles. The van der Waals surface area contributed by atoms with Crippen molar-refractivity contribution in [2.75, 3.05) is 0 Å². The van der Waals surface area contributed by atoms with Gasteiger partial charge in [-0.15, -0.1) is 12.3 Å².